The van der Waals surface area contributed by atoms with E-state index in [1.165, 1.54) is 5.57 Å². The molecule has 16 heavy (non-hydrogen) atoms. The largest absolute Gasteiger partial charge is 0.461 e. The first-order valence-corrected chi connectivity index (χ1v) is 6.04. The second kappa shape index (κ2) is 5.69. The highest BCUT2D eigenvalue weighted by Crippen LogP contribution is 2.38. The third kappa shape index (κ3) is 4.54. The first-order valence-electron chi connectivity index (χ1n) is 5.50. The van der Waals surface area contributed by atoms with Crippen LogP contribution in [-0.2, 0) is 14.3 Å². The molecule has 0 aromatic rings. The third-order valence-corrected chi connectivity index (χ3v) is 2.97. The van der Waals surface area contributed by atoms with E-state index in [0.29, 0.717) is 12.7 Å². The Hall–Kier alpha value is -0.540. The van der Waals surface area contributed by atoms with Gasteiger partial charge in [0.05, 0.1) is 11.7 Å². The molecular formula is C12H19ClO3. The standard InChI is InChI=1S/C12H19ClO3/c1-9(6-7-15-11(14)8-13)4-5-10-12(2,3)16-10/h6,10H,4-5,7-8H2,1-3H3/b9-6+. The van der Waals surface area contributed by atoms with Gasteiger partial charge in [-0.3, -0.25) is 4.79 Å². The lowest BCUT2D eigenvalue weighted by Gasteiger charge is -2.02. The van der Waals surface area contributed by atoms with E-state index >= 15 is 0 Å². The number of epoxide rings is 1. The lowest BCUT2D eigenvalue weighted by molar-refractivity contribution is -0.139. The number of carbonyl (C=O) groups excluding carboxylic acids is 1. The van der Waals surface area contributed by atoms with Crippen LogP contribution >= 0.6 is 11.6 Å². The molecule has 0 saturated carbocycles. The predicted octanol–water partition coefficient (Wildman–Crippen LogP) is 2.67. The van der Waals surface area contributed by atoms with E-state index in [1.807, 2.05) is 13.0 Å². The van der Waals surface area contributed by atoms with Crippen LogP contribution in [0.1, 0.15) is 33.6 Å². The third-order valence-electron chi connectivity index (χ3n) is 2.75. The van der Waals surface area contributed by atoms with Gasteiger partial charge in [-0.25, -0.2) is 0 Å². The molecule has 4 heteroatoms. The predicted molar refractivity (Wildman–Crippen MR) is 63.6 cm³/mol. The molecular weight excluding hydrogens is 228 g/mol. The molecule has 0 aromatic heterocycles. The van der Waals surface area contributed by atoms with Crippen molar-refractivity contribution in [2.45, 2.75) is 45.3 Å². The summed E-state index contributed by atoms with van der Waals surface area (Å²) in [5.74, 6) is -0.464. The number of rotatable bonds is 6. The van der Waals surface area contributed by atoms with E-state index in [-0.39, 0.29) is 17.5 Å². The van der Waals surface area contributed by atoms with Crippen LogP contribution in [0, 0.1) is 0 Å². The second-order valence-electron chi connectivity index (χ2n) is 4.62. The molecule has 1 rings (SSSR count). The summed E-state index contributed by atoms with van der Waals surface area (Å²) >= 11 is 5.30. The van der Waals surface area contributed by atoms with Crippen LogP contribution in [0.5, 0.6) is 0 Å². The van der Waals surface area contributed by atoms with Gasteiger partial charge in [0.25, 0.3) is 0 Å². The van der Waals surface area contributed by atoms with Crippen LogP contribution in [0.15, 0.2) is 11.6 Å². The molecule has 1 atom stereocenters. The van der Waals surface area contributed by atoms with Crippen molar-refractivity contribution >= 4 is 17.6 Å². The van der Waals surface area contributed by atoms with Crippen molar-refractivity contribution in [1.29, 1.82) is 0 Å². The van der Waals surface area contributed by atoms with Gasteiger partial charge in [0.15, 0.2) is 0 Å². The molecule has 0 spiro atoms. The van der Waals surface area contributed by atoms with Crippen molar-refractivity contribution in [3.8, 4) is 0 Å². The van der Waals surface area contributed by atoms with Crippen molar-refractivity contribution in [2.24, 2.45) is 0 Å². The molecule has 0 aliphatic carbocycles. The Morgan fingerprint density at radius 1 is 1.56 bits per heavy atom. The van der Waals surface area contributed by atoms with E-state index < -0.39 is 0 Å². The Morgan fingerprint density at radius 2 is 2.19 bits per heavy atom. The molecule has 92 valence electrons. The molecule has 0 amide bonds. The number of ether oxygens (including phenoxy) is 2. The zero-order valence-electron chi connectivity index (χ0n) is 10.1. The van der Waals surface area contributed by atoms with Crippen molar-refractivity contribution in [2.75, 3.05) is 12.5 Å². The van der Waals surface area contributed by atoms with Gasteiger partial charge in [-0.2, -0.15) is 0 Å². The van der Waals surface area contributed by atoms with Gasteiger partial charge >= 0.3 is 5.97 Å². The molecule has 1 aliphatic heterocycles. The van der Waals surface area contributed by atoms with Gasteiger partial charge in [0, 0.05) is 0 Å². The number of hydrogen-bond donors (Lipinski definition) is 0. The Kier molecular flexibility index (Phi) is 4.81. The first kappa shape index (κ1) is 13.5. The second-order valence-corrected chi connectivity index (χ2v) is 4.88. The summed E-state index contributed by atoms with van der Waals surface area (Å²) in [5, 5.41) is 0. The molecule has 0 N–H and O–H groups in total. The van der Waals surface area contributed by atoms with Crippen molar-refractivity contribution in [1.82, 2.24) is 0 Å². The summed E-state index contributed by atoms with van der Waals surface area (Å²) in [6.45, 7) is 6.54. The number of alkyl halides is 1. The molecule has 0 bridgehead atoms. The Bertz CT molecular complexity index is 284. The Labute approximate surface area is 102 Å². The number of halogens is 1. The highest BCUT2D eigenvalue weighted by Gasteiger charge is 2.46. The fourth-order valence-electron chi connectivity index (χ4n) is 1.52. The first-order chi connectivity index (χ1) is 7.45. The molecule has 1 heterocycles. The van der Waals surface area contributed by atoms with Gasteiger partial charge in [-0.05, 0) is 39.7 Å². The summed E-state index contributed by atoms with van der Waals surface area (Å²) in [6, 6.07) is 0. The molecule has 0 radical (unpaired) electrons. The topological polar surface area (TPSA) is 38.8 Å². The SMILES string of the molecule is C/C(=C\COC(=O)CCl)CCC1OC1(C)C. The van der Waals surface area contributed by atoms with Crippen LogP contribution in [0.4, 0.5) is 0 Å². The van der Waals surface area contributed by atoms with E-state index in [1.54, 1.807) is 0 Å². The molecule has 1 aliphatic rings. The smallest absolute Gasteiger partial charge is 0.321 e. The molecule has 3 nitrogen and oxygen atoms in total. The zero-order valence-corrected chi connectivity index (χ0v) is 10.8. The fraction of sp³-hybridized carbons (Fsp3) is 0.750. The quantitative estimate of drug-likeness (QED) is 0.313. The van der Waals surface area contributed by atoms with Gasteiger partial charge < -0.3 is 9.47 Å². The summed E-state index contributed by atoms with van der Waals surface area (Å²) in [4.78, 5) is 10.8. The van der Waals surface area contributed by atoms with Crippen LogP contribution in [0.3, 0.4) is 0 Å². The van der Waals surface area contributed by atoms with Crippen molar-refractivity contribution in [3.05, 3.63) is 11.6 Å². The van der Waals surface area contributed by atoms with Crippen molar-refractivity contribution in [3.63, 3.8) is 0 Å². The van der Waals surface area contributed by atoms with Crippen LogP contribution in [-0.4, -0.2) is 30.2 Å². The number of esters is 1. The minimum atomic E-state index is -0.377. The Morgan fingerprint density at radius 3 is 2.69 bits per heavy atom. The average Bonchev–Trinajstić information content (AvgIpc) is 2.83. The van der Waals surface area contributed by atoms with Gasteiger partial charge in [0.2, 0.25) is 0 Å². The van der Waals surface area contributed by atoms with Gasteiger partial charge in [-0.15, -0.1) is 11.6 Å². The van der Waals surface area contributed by atoms with E-state index in [4.69, 9.17) is 21.1 Å². The summed E-state index contributed by atoms with van der Waals surface area (Å²) in [7, 11) is 0. The lowest BCUT2D eigenvalue weighted by Crippen LogP contribution is -2.06. The average molecular weight is 247 g/mol. The highest BCUT2D eigenvalue weighted by molar-refractivity contribution is 6.26. The Balaban J connectivity index is 2.12. The minimum absolute atomic E-state index is 0.0609. The summed E-state index contributed by atoms with van der Waals surface area (Å²) in [5.41, 5.74) is 1.28. The summed E-state index contributed by atoms with van der Waals surface area (Å²) < 4.78 is 10.3. The van der Waals surface area contributed by atoms with Crippen LogP contribution < -0.4 is 0 Å². The van der Waals surface area contributed by atoms with Crippen LogP contribution in [0.2, 0.25) is 0 Å². The van der Waals surface area contributed by atoms with Gasteiger partial charge in [-0.1, -0.05) is 5.57 Å². The number of allylic oxidation sites excluding steroid dienone is 1. The molecule has 0 aromatic carbocycles. The van der Waals surface area contributed by atoms with E-state index in [9.17, 15) is 4.79 Å². The van der Waals surface area contributed by atoms with Crippen molar-refractivity contribution < 1.29 is 14.3 Å². The molecule has 1 saturated heterocycles. The normalized spacial score (nSPS) is 23.0. The van der Waals surface area contributed by atoms with Gasteiger partial charge in [0.1, 0.15) is 12.5 Å². The maximum Gasteiger partial charge on any atom is 0.321 e. The fourth-order valence-corrected chi connectivity index (χ4v) is 1.59. The highest BCUT2D eigenvalue weighted by atomic mass is 35.5. The molecule has 1 fully saturated rings. The van der Waals surface area contributed by atoms with E-state index in [2.05, 4.69) is 13.8 Å². The minimum Gasteiger partial charge on any atom is -0.461 e. The number of carbonyl (C=O) groups is 1. The van der Waals surface area contributed by atoms with E-state index in [0.717, 1.165) is 12.8 Å². The maximum atomic E-state index is 10.8. The summed E-state index contributed by atoms with van der Waals surface area (Å²) in [6.07, 6.45) is 4.30. The maximum absolute atomic E-state index is 10.8. The monoisotopic (exact) mass is 246 g/mol. The molecule has 1 unspecified atom stereocenters. The lowest BCUT2D eigenvalue weighted by atomic mass is 10.0. The number of hydrogen-bond acceptors (Lipinski definition) is 3. The zero-order chi connectivity index (χ0) is 12.2. The van der Waals surface area contributed by atoms with Crippen LogP contribution in [0.25, 0.3) is 0 Å².